The Morgan fingerprint density at radius 3 is 2.72 bits per heavy atom. The highest BCUT2D eigenvalue weighted by molar-refractivity contribution is 5.66. The Morgan fingerprint density at radius 1 is 1.24 bits per heavy atom. The number of hydrazine groups is 1. The summed E-state index contributed by atoms with van der Waals surface area (Å²) >= 11 is 0. The zero-order chi connectivity index (χ0) is 18.1. The minimum absolute atomic E-state index is 0.216. The van der Waals surface area contributed by atoms with Crippen LogP contribution in [0.15, 0.2) is 12.2 Å². The quantitative estimate of drug-likeness (QED) is 0.300. The number of nitrogens with one attached hydrogen (secondary N) is 2. The van der Waals surface area contributed by atoms with Crippen molar-refractivity contribution in [3.8, 4) is 0 Å². The lowest BCUT2D eigenvalue weighted by atomic mass is 9.77. The van der Waals surface area contributed by atoms with E-state index >= 15 is 0 Å². The van der Waals surface area contributed by atoms with Crippen molar-refractivity contribution in [3.05, 3.63) is 12.2 Å². The van der Waals surface area contributed by atoms with E-state index in [9.17, 15) is 9.59 Å². The molecule has 0 unspecified atom stereocenters. The second-order valence-electron chi connectivity index (χ2n) is 6.75. The Bertz CT molecular complexity index is 468. The van der Waals surface area contributed by atoms with Crippen LogP contribution in [0.25, 0.3) is 0 Å². The summed E-state index contributed by atoms with van der Waals surface area (Å²) in [5.41, 5.74) is 5.56. The molecule has 142 valence electrons. The van der Waals surface area contributed by atoms with Crippen molar-refractivity contribution in [2.45, 2.75) is 64.1 Å². The Hall–Kier alpha value is -1.60. The largest absolute Gasteiger partial charge is 0.481 e. The van der Waals surface area contributed by atoms with Gasteiger partial charge in [-0.3, -0.25) is 10.2 Å². The zero-order valence-corrected chi connectivity index (χ0v) is 14.9. The van der Waals surface area contributed by atoms with Gasteiger partial charge in [0.05, 0.1) is 18.8 Å². The third-order valence-corrected chi connectivity index (χ3v) is 4.89. The van der Waals surface area contributed by atoms with E-state index in [-0.39, 0.29) is 12.5 Å². The van der Waals surface area contributed by atoms with E-state index in [0.717, 1.165) is 32.1 Å². The van der Waals surface area contributed by atoms with Crippen LogP contribution in [0.5, 0.6) is 0 Å². The molecule has 0 spiro atoms. The van der Waals surface area contributed by atoms with Crippen LogP contribution in [-0.2, 0) is 14.3 Å². The van der Waals surface area contributed by atoms with Crippen LogP contribution in [0.4, 0.5) is 4.79 Å². The standard InChI is InChI=1S/C18H30N2O5/c1-2-11-24-18(23)20-19-12-14-13(15-9-10-16(14)25-15)7-5-3-4-6-8-17(21)22/h3,5,13-16,19H,2,4,6-12H2,1H3,(H,20,23)(H,21,22)/b5-3-/t13-,14+,15-,16+/m1/s1. The fourth-order valence-corrected chi connectivity index (χ4v) is 3.69. The van der Waals surface area contributed by atoms with Gasteiger partial charge in [0.2, 0.25) is 0 Å². The minimum atomic E-state index is -0.744. The van der Waals surface area contributed by atoms with Gasteiger partial charge in [-0.1, -0.05) is 19.1 Å². The fourth-order valence-electron chi connectivity index (χ4n) is 3.69. The molecule has 0 aliphatic carbocycles. The fraction of sp³-hybridized carbons (Fsp3) is 0.778. The van der Waals surface area contributed by atoms with Crippen molar-refractivity contribution in [1.82, 2.24) is 10.9 Å². The summed E-state index contributed by atoms with van der Waals surface area (Å²) in [6, 6.07) is 0. The van der Waals surface area contributed by atoms with E-state index in [4.69, 9.17) is 14.6 Å². The molecule has 2 aliphatic rings. The molecule has 2 bridgehead atoms. The van der Waals surface area contributed by atoms with E-state index in [1.54, 1.807) is 0 Å². The molecule has 2 heterocycles. The van der Waals surface area contributed by atoms with E-state index in [1.165, 1.54) is 0 Å². The van der Waals surface area contributed by atoms with Crippen molar-refractivity contribution < 1.29 is 24.2 Å². The normalized spacial score (nSPS) is 27.7. The van der Waals surface area contributed by atoms with Crippen LogP contribution in [-0.4, -0.2) is 42.5 Å². The monoisotopic (exact) mass is 354 g/mol. The summed E-state index contributed by atoms with van der Waals surface area (Å²) in [5.74, 6) is 0.0651. The molecule has 0 aromatic rings. The molecule has 2 aliphatic heterocycles. The number of carbonyl (C=O) groups excluding carboxylic acids is 1. The molecule has 25 heavy (non-hydrogen) atoms. The highest BCUT2D eigenvalue weighted by Crippen LogP contribution is 2.44. The van der Waals surface area contributed by atoms with Gasteiger partial charge in [-0.2, -0.15) is 0 Å². The molecule has 1 amide bonds. The highest BCUT2D eigenvalue weighted by Gasteiger charge is 2.47. The van der Waals surface area contributed by atoms with Gasteiger partial charge < -0.3 is 14.6 Å². The van der Waals surface area contributed by atoms with Crippen LogP contribution < -0.4 is 10.9 Å². The smallest absolute Gasteiger partial charge is 0.421 e. The Kier molecular flexibility index (Phi) is 8.21. The molecule has 2 saturated heterocycles. The van der Waals surface area contributed by atoms with E-state index < -0.39 is 12.1 Å². The number of carboxylic acids is 1. The van der Waals surface area contributed by atoms with Crippen LogP contribution in [0.3, 0.4) is 0 Å². The number of amides is 1. The van der Waals surface area contributed by atoms with Gasteiger partial charge in [0, 0.05) is 18.9 Å². The average Bonchev–Trinajstić information content (AvgIpc) is 3.18. The number of fused-ring (bicyclic) bond motifs is 2. The van der Waals surface area contributed by atoms with Crippen molar-refractivity contribution in [3.63, 3.8) is 0 Å². The zero-order valence-electron chi connectivity index (χ0n) is 14.9. The number of unbranched alkanes of at least 4 members (excludes halogenated alkanes) is 1. The summed E-state index contributed by atoms with van der Waals surface area (Å²) < 4.78 is 11.0. The predicted octanol–water partition coefficient (Wildman–Crippen LogP) is 2.62. The van der Waals surface area contributed by atoms with Gasteiger partial charge in [0.15, 0.2) is 0 Å². The number of rotatable bonds is 11. The number of ether oxygens (including phenoxy) is 2. The molecule has 4 atom stereocenters. The summed E-state index contributed by atoms with van der Waals surface area (Å²) in [4.78, 5) is 21.9. The molecule has 2 fully saturated rings. The van der Waals surface area contributed by atoms with Crippen molar-refractivity contribution in [2.24, 2.45) is 11.8 Å². The number of carboxylic acid groups (broad SMARTS) is 1. The molecule has 7 heteroatoms. The second kappa shape index (κ2) is 10.4. The lowest BCUT2D eigenvalue weighted by Gasteiger charge is -2.27. The third kappa shape index (κ3) is 6.32. The van der Waals surface area contributed by atoms with Gasteiger partial charge in [0.25, 0.3) is 0 Å². The maximum absolute atomic E-state index is 11.5. The van der Waals surface area contributed by atoms with Gasteiger partial charge in [-0.15, -0.1) is 0 Å². The predicted molar refractivity (Wildman–Crippen MR) is 92.9 cm³/mol. The molecule has 0 radical (unpaired) electrons. The van der Waals surface area contributed by atoms with E-state index in [0.29, 0.717) is 37.5 Å². The second-order valence-corrected chi connectivity index (χ2v) is 6.75. The number of carbonyl (C=O) groups is 2. The summed E-state index contributed by atoms with van der Waals surface area (Å²) in [6.45, 7) is 3.03. The van der Waals surface area contributed by atoms with Gasteiger partial charge >= 0.3 is 12.1 Å². The Balaban J connectivity index is 1.70. The van der Waals surface area contributed by atoms with E-state index in [2.05, 4.69) is 23.0 Å². The number of aliphatic carboxylic acids is 1. The minimum Gasteiger partial charge on any atom is -0.481 e. The molecule has 0 aromatic heterocycles. The number of allylic oxidation sites excluding steroid dienone is 2. The lowest BCUT2D eigenvalue weighted by molar-refractivity contribution is -0.137. The Morgan fingerprint density at radius 2 is 2.00 bits per heavy atom. The molecule has 7 nitrogen and oxygen atoms in total. The highest BCUT2D eigenvalue weighted by atomic mass is 16.6. The number of hydrogen-bond acceptors (Lipinski definition) is 5. The molecule has 2 rings (SSSR count). The van der Waals surface area contributed by atoms with Gasteiger partial charge in [0.1, 0.15) is 0 Å². The van der Waals surface area contributed by atoms with Gasteiger partial charge in [-0.25, -0.2) is 10.2 Å². The van der Waals surface area contributed by atoms with Gasteiger partial charge in [-0.05, 0) is 44.4 Å². The third-order valence-electron chi connectivity index (χ3n) is 4.89. The first-order chi connectivity index (χ1) is 12.1. The summed E-state index contributed by atoms with van der Waals surface area (Å²) in [5, 5.41) is 8.63. The molecule has 0 aromatic carbocycles. The van der Waals surface area contributed by atoms with E-state index in [1.807, 2.05) is 6.92 Å². The molecule has 3 N–H and O–H groups in total. The van der Waals surface area contributed by atoms with Crippen LogP contribution >= 0.6 is 0 Å². The topological polar surface area (TPSA) is 96.9 Å². The van der Waals surface area contributed by atoms with Crippen LogP contribution in [0, 0.1) is 11.8 Å². The van der Waals surface area contributed by atoms with Crippen molar-refractivity contribution >= 4 is 12.1 Å². The first-order valence-electron chi connectivity index (χ1n) is 9.29. The number of hydrogen-bond donors (Lipinski definition) is 3. The summed E-state index contributed by atoms with van der Waals surface area (Å²) in [7, 11) is 0. The average molecular weight is 354 g/mol. The SMILES string of the molecule is CCCOC(=O)NNC[C@H]1[C@@H](C/C=C\CCCC(=O)O)[C@H]2CC[C@@H]1O2. The lowest BCUT2D eigenvalue weighted by Crippen LogP contribution is -2.44. The molecular weight excluding hydrogens is 324 g/mol. The molecular formula is C18H30N2O5. The first-order valence-corrected chi connectivity index (χ1v) is 9.29. The maximum atomic E-state index is 11.5. The van der Waals surface area contributed by atoms with Crippen LogP contribution in [0.1, 0.15) is 51.9 Å². The maximum Gasteiger partial charge on any atom is 0.421 e. The van der Waals surface area contributed by atoms with Crippen LogP contribution in [0.2, 0.25) is 0 Å². The first kappa shape index (κ1) is 19.7. The van der Waals surface area contributed by atoms with Crippen molar-refractivity contribution in [1.29, 1.82) is 0 Å². The summed E-state index contributed by atoms with van der Waals surface area (Å²) in [6.07, 6.45) is 9.93. The molecule has 0 saturated carbocycles. The van der Waals surface area contributed by atoms with Crippen molar-refractivity contribution in [2.75, 3.05) is 13.2 Å². The Labute approximate surface area is 149 Å².